The van der Waals surface area contributed by atoms with Crippen molar-refractivity contribution in [3.63, 3.8) is 0 Å². The number of benzene rings is 1. The molecule has 0 heterocycles. The maximum absolute atomic E-state index is 10.7. The van der Waals surface area contributed by atoms with Crippen LogP contribution >= 0.6 is 0 Å². The first-order valence-corrected chi connectivity index (χ1v) is 4.50. The Balaban J connectivity index is 0.00000169. The Bertz CT molecular complexity index is 272. The summed E-state index contributed by atoms with van der Waals surface area (Å²) in [5, 5.41) is 8.83. The maximum atomic E-state index is 10.7. The summed E-state index contributed by atoms with van der Waals surface area (Å²) in [5.74, 6) is -0.950. The quantitative estimate of drug-likeness (QED) is 0.657. The number of hydrogen-bond donors (Lipinski definition) is 1. The van der Waals surface area contributed by atoms with Crippen LogP contribution in [0.15, 0.2) is 30.3 Å². The Labute approximate surface area is 107 Å². The van der Waals surface area contributed by atoms with Gasteiger partial charge in [-0.1, -0.05) is 37.3 Å². The van der Waals surface area contributed by atoms with Crippen LogP contribution in [0.3, 0.4) is 0 Å². The van der Waals surface area contributed by atoms with Crippen LogP contribution in [0.4, 0.5) is 0 Å². The molecule has 2 nitrogen and oxygen atoms in total. The van der Waals surface area contributed by atoms with Crippen LogP contribution in [0.2, 0.25) is 0 Å². The molecule has 0 spiro atoms. The third-order valence-electron chi connectivity index (χ3n) is 2.17. The van der Waals surface area contributed by atoms with Crippen LogP contribution in [-0.4, -0.2) is 11.1 Å². The first-order valence-electron chi connectivity index (χ1n) is 4.50. The topological polar surface area (TPSA) is 37.3 Å². The monoisotopic (exact) mass is 201 g/mol. The van der Waals surface area contributed by atoms with Crippen molar-refractivity contribution in [3.05, 3.63) is 35.9 Å². The van der Waals surface area contributed by atoms with E-state index in [0.29, 0.717) is 12.8 Å². The van der Waals surface area contributed by atoms with Gasteiger partial charge in [-0.3, -0.25) is 4.79 Å². The molecule has 0 aliphatic rings. The average molecular weight is 201 g/mol. The number of carboxylic acid groups (broad SMARTS) is 1. The second-order valence-electron chi connectivity index (χ2n) is 3.13. The third-order valence-corrected chi connectivity index (χ3v) is 2.17. The van der Waals surface area contributed by atoms with Crippen molar-refractivity contribution >= 4 is 5.97 Å². The van der Waals surface area contributed by atoms with Crippen LogP contribution in [0.5, 0.6) is 0 Å². The van der Waals surface area contributed by atoms with Gasteiger partial charge in [0.2, 0.25) is 0 Å². The number of aliphatic carboxylic acids is 1. The summed E-state index contributed by atoms with van der Waals surface area (Å²) in [4.78, 5) is 10.7. The Morgan fingerprint density at radius 1 is 1.36 bits per heavy atom. The molecule has 0 aliphatic carbocycles. The number of carboxylic acids is 1. The normalized spacial score (nSPS) is 11.5. The number of carbonyl (C=O) groups is 1. The zero-order valence-corrected chi connectivity index (χ0v) is 10.7. The predicted octanol–water partition coefficient (Wildman–Crippen LogP) is -0.656. The molecule has 70 valence electrons. The van der Waals surface area contributed by atoms with Crippen molar-refractivity contribution in [2.24, 2.45) is 5.92 Å². The smallest absolute Gasteiger partial charge is 0.481 e. The van der Waals surface area contributed by atoms with Crippen molar-refractivity contribution in [1.29, 1.82) is 0 Å². The van der Waals surface area contributed by atoms with E-state index in [-0.39, 0.29) is 35.5 Å². The first kappa shape index (κ1) is 13.7. The molecule has 0 amide bonds. The van der Waals surface area contributed by atoms with Gasteiger partial charge in [0.15, 0.2) is 0 Å². The van der Waals surface area contributed by atoms with Gasteiger partial charge in [-0.25, -0.2) is 0 Å². The fraction of sp³-hybridized carbons (Fsp3) is 0.364. The maximum Gasteiger partial charge on any atom is 1.00 e. The van der Waals surface area contributed by atoms with E-state index in [9.17, 15) is 4.79 Å². The molecular formula is C11H14NaO2+. The summed E-state index contributed by atoms with van der Waals surface area (Å²) in [7, 11) is 0. The molecule has 0 saturated heterocycles. The molecule has 1 aromatic carbocycles. The Kier molecular flexibility index (Phi) is 6.89. The molecule has 0 radical (unpaired) electrons. The van der Waals surface area contributed by atoms with Crippen molar-refractivity contribution in [3.8, 4) is 0 Å². The van der Waals surface area contributed by atoms with E-state index in [1.807, 2.05) is 37.3 Å². The SMILES string of the molecule is CCC(Cc1ccccc1)C(=O)O.[Na+]. The molecule has 1 N–H and O–H groups in total. The minimum Gasteiger partial charge on any atom is -0.481 e. The van der Waals surface area contributed by atoms with Crippen molar-refractivity contribution in [2.45, 2.75) is 19.8 Å². The van der Waals surface area contributed by atoms with E-state index in [4.69, 9.17) is 5.11 Å². The molecule has 3 heteroatoms. The second-order valence-corrected chi connectivity index (χ2v) is 3.13. The van der Waals surface area contributed by atoms with E-state index in [2.05, 4.69) is 0 Å². The van der Waals surface area contributed by atoms with Crippen LogP contribution in [-0.2, 0) is 11.2 Å². The summed E-state index contributed by atoms with van der Waals surface area (Å²) < 4.78 is 0. The summed E-state index contributed by atoms with van der Waals surface area (Å²) >= 11 is 0. The summed E-state index contributed by atoms with van der Waals surface area (Å²) in [6.07, 6.45) is 1.32. The van der Waals surface area contributed by atoms with Gasteiger partial charge in [0.1, 0.15) is 0 Å². The molecule has 14 heavy (non-hydrogen) atoms. The molecule has 0 bridgehead atoms. The Morgan fingerprint density at radius 2 is 1.93 bits per heavy atom. The van der Waals surface area contributed by atoms with E-state index in [1.54, 1.807) is 0 Å². The molecule has 1 unspecified atom stereocenters. The second kappa shape index (κ2) is 7.04. The van der Waals surface area contributed by atoms with Crippen LogP contribution in [0.25, 0.3) is 0 Å². The van der Waals surface area contributed by atoms with Gasteiger partial charge >= 0.3 is 35.5 Å². The van der Waals surface area contributed by atoms with E-state index >= 15 is 0 Å². The predicted molar refractivity (Wildman–Crippen MR) is 51.6 cm³/mol. The largest absolute Gasteiger partial charge is 1.00 e. The van der Waals surface area contributed by atoms with Crippen LogP contribution < -0.4 is 29.6 Å². The van der Waals surface area contributed by atoms with E-state index in [1.165, 1.54) is 0 Å². The molecule has 1 aromatic rings. The number of rotatable bonds is 4. The molecular weight excluding hydrogens is 187 g/mol. The van der Waals surface area contributed by atoms with Gasteiger partial charge in [-0.2, -0.15) is 0 Å². The third kappa shape index (κ3) is 4.27. The van der Waals surface area contributed by atoms with Gasteiger partial charge in [0.05, 0.1) is 5.92 Å². The fourth-order valence-corrected chi connectivity index (χ4v) is 1.30. The van der Waals surface area contributed by atoms with Crippen molar-refractivity contribution in [1.82, 2.24) is 0 Å². The zero-order chi connectivity index (χ0) is 9.68. The standard InChI is InChI=1S/C11H14O2.Na/c1-2-10(11(12)13)8-9-6-4-3-5-7-9;/h3-7,10H,2,8H2,1H3,(H,12,13);/q;+1. The summed E-state index contributed by atoms with van der Waals surface area (Å²) in [6, 6.07) is 9.73. The minimum atomic E-state index is -0.702. The Morgan fingerprint density at radius 3 is 2.36 bits per heavy atom. The fourth-order valence-electron chi connectivity index (χ4n) is 1.30. The number of hydrogen-bond acceptors (Lipinski definition) is 1. The van der Waals surface area contributed by atoms with Crippen LogP contribution in [0, 0.1) is 5.92 Å². The van der Waals surface area contributed by atoms with E-state index in [0.717, 1.165) is 5.56 Å². The zero-order valence-electron chi connectivity index (χ0n) is 8.73. The van der Waals surface area contributed by atoms with E-state index < -0.39 is 5.97 Å². The van der Waals surface area contributed by atoms with Crippen LogP contribution in [0.1, 0.15) is 18.9 Å². The molecule has 0 aromatic heterocycles. The molecule has 0 saturated carbocycles. The van der Waals surface area contributed by atoms with Gasteiger partial charge in [-0.15, -0.1) is 0 Å². The molecule has 1 atom stereocenters. The van der Waals surface area contributed by atoms with Gasteiger partial charge in [0.25, 0.3) is 0 Å². The molecule has 0 aliphatic heterocycles. The van der Waals surface area contributed by atoms with Gasteiger partial charge in [-0.05, 0) is 18.4 Å². The molecule has 0 fully saturated rings. The first-order chi connectivity index (χ1) is 6.24. The van der Waals surface area contributed by atoms with Gasteiger partial charge < -0.3 is 5.11 Å². The minimum absolute atomic E-state index is 0. The Hall–Kier alpha value is -0.310. The van der Waals surface area contributed by atoms with Crippen molar-refractivity contribution in [2.75, 3.05) is 0 Å². The van der Waals surface area contributed by atoms with Gasteiger partial charge in [0, 0.05) is 0 Å². The molecule has 1 rings (SSSR count). The summed E-state index contributed by atoms with van der Waals surface area (Å²) in [5.41, 5.74) is 1.09. The summed E-state index contributed by atoms with van der Waals surface area (Å²) in [6.45, 7) is 1.90. The van der Waals surface area contributed by atoms with Crippen molar-refractivity contribution < 1.29 is 39.5 Å². The average Bonchev–Trinajstić information content (AvgIpc) is 2.15.